The Morgan fingerprint density at radius 2 is 1.64 bits per heavy atom. The Bertz CT molecular complexity index is 586. The zero-order chi connectivity index (χ0) is 18.8. The summed E-state index contributed by atoms with van der Waals surface area (Å²) < 4.78 is 10.2. The molecule has 0 aliphatic rings. The fraction of sp³-hybridized carbons (Fsp3) is 0.500. The molecule has 1 aromatic carbocycles. The third-order valence-electron chi connectivity index (χ3n) is 3.47. The number of hydrogen-bond donors (Lipinski definition) is 2. The molecule has 2 amide bonds. The fourth-order valence-electron chi connectivity index (χ4n) is 1.98. The maximum absolute atomic E-state index is 12.0. The minimum Gasteiger partial charge on any atom is -0.484 e. The zero-order valence-electron chi connectivity index (χ0n) is 15.1. The van der Waals surface area contributed by atoms with E-state index < -0.39 is 29.9 Å². The van der Waals surface area contributed by atoms with E-state index in [0.29, 0.717) is 5.75 Å². The highest BCUT2D eigenvalue weighted by molar-refractivity contribution is 5.90. The van der Waals surface area contributed by atoms with Crippen LogP contribution in [0.3, 0.4) is 0 Å². The average Bonchev–Trinajstić information content (AvgIpc) is 2.60. The first kappa shape index (κ1) is 20.5. The molecule has 0 bridgehead atoms. The second-order valence-corrected chi connectivity index (χ2v) is 5.56. The van der Waals surface area contributed by atoms with Crippen LogP contribution in [0.2, 0.25) is 0 Å². The topological polar surface area (TPSA) is 93.7 Å². The first-order valence-corrected chi connectivity index (χ1v) is 8.35. The predicted octanol–water partition coefficient (Wildman–Crippen LogP) is 1.20. The Morgan fingerprint density at radius 1 is 1.00 bits per heavy atom. The second kappa shape index (κ2) is 10.3. The zero-order valence-corrected chi connectivity index (χ0v) is 15.1. The highest BCUT2D eigenvalue weighted by Gasteiger charge is 2.21. The molecule has 1 aromatic rings. The largest absolute Gasteiger partial charge is 0.484 e. The summed E-state index contributed by atoms with van der Waals surface area (Å²) in [4.78, 5) is 35.3. The summed E-state index contributed by atoms with van der Waals surface area (Å²) in [7, 11) is 0. The van der Waals surface area contributed by atoms with Crippen LogP contribution >= 0.6 is 0 Å². The molecule has 0 aliphatic carbocycles. The molecule has 2 atom stereocenters. The van der Waals surface area contributed by atoms with Gasteiger partial charge in [-0.25, -0.2) is 4.79 Å². The van der Waals surface area contributed by atoms with E-state index >= 15 is 0 Å². The van der Waals surface area contributed by atoms with Gasteiger partial charge in [0, 0.05) is 0 Å². The van der Waals surface area contributed by atoms with Crippen molar-refractivity contribution < 1.29 is 23.9 Å². The second-order valence-electron chi connectivity index (χ2n) is 5.56. The Kier molecular flexibility index (Phi) is 8.46. The van der Waals surface area contributed by atoms with E-state index in [0.717, 1.165) is 6.42 Å². The molecule has 7 heteroatoms. The quantitative estimate of drug-likeness (QED) is 0.653. The SMILES string of the molecule is CCOC(=O)[C@@H](C)NC(=O)[C@H](C)NC(=O)COc1ccc(CC)cc1. The summed E-state index contributed by atoms with van der Waals surface area (Å²) in [5.74, 6) is -0.833. The number of esters is 1. The molecule has 1 rings (SSSR count). The van der Waals surface area contributed by atoms with Gasteiger partial charge in [0.05, 0.1) is 6.61 Å². The van der Waals surface area contributed by atoms with E-state index in [9.17, 15) is 14.4 Å². The fourth-order valence-corrected chi connectivity index (χ4v) is 1.98. The number of benzene rings is 1. The first-order chi connectivity index (χ1) is 11.9. The maximum atomic E-state index is 12.0. The number of carbonyl (C=O) groups excluding carboxylic acids is 3. The van der Waals surface area contributed by atoms with Crippen LogP contribution in [-0.2, 0) is 25.5 Å². The first-order valence-electron chi connectivity index (χ1n) is 8.35. The molecule has 0 aliphatic heterocycles. The van der Waals surface area contributed by atoms with E-state index in [1.54, 1.807) is 19.1 Å². The van der Waals surface area contributed by atoms with Gasteiger partial charge >= 0.3 is 5.97 Å². The molecule has 25 heavy (non-hydrogen) atoms. The van der Waals surface area contributed by atoms with Gasteiger partial charge in [-0.2, -0.15) is 0 Å². The third-order valence-corrected chi connectivity index (χ3v) is 3.47. The van der Waals surface area contributed by atoms with E-state index in [2.05, 4.69) is 17.6 Å². The van der Waals surface area contributed by atoms with Gasteiger partial charge in [-0.1, -0.05) is 19.1 Å². The normalized spacial score (nSPS) is 12.6. The van der Waals surface area contributed by atoms with Crippen LogP contribution in [0.1, 0.15) is 33.3 Å². The molecule has 0 saturated heterocycles. The van der Waals surface area contributed by atoms with Gasteiger partial charge in [-0.15, -0.1) is 0 Å². The number of amides is 2. The van der Waals surface area contributed by atoms with Gasteiger partial charge in [-0.05, 0) is 44.9 Å². The Labute approximate surface area is 148 Å². The summed E-state index contributed by atoms with van der Waals surface area (Å²) in [6.07, 6.45) is 0.928. The van der Waals surface area contributed by atoms with Gasteiger partial charge in [0.1, 0.15) is 17.8 Å². The van der Waals surface area contributed by atoms with Crippen molar-refractivity contribution in [3.63, 3.8) is 0 Å². The predicted molar refractivity (Wildman–Crippen MR) is 93.2 cm³/mol. The molecular weight excluding hydrogens is 324 g/mol. The number of rotatable bonds is 9. The van der Waals surface area contributed by atoms with Crippen LogP contribution in [0.5, 0.6) is 5.75 Å². The summed E-state index contributed by atoms with van der Waals surface area (Å²) in [5.41, 5.74) is 1.18. The van der Waals surface area contributed by atoms with Gasteiger partial charge in [-0.3, -0.25) is 9.59 Å². The van der Waals surface area contributed by atoms with Crippen molar-refractivity contribution in [2.75, 3.05) is 13.2 Å². The number of nitrogens with one attached hydrogen (secondary N) is 2. The molecule has 0 aromatic heterocycles. The molecule has 0 radical (unpaired) electrons. The van der Waals surface area contributed by atoms with Crippen molar-refractivity contribution in [2.24, 2.45) is 0 Å². The lowest BCUT2D eigenvalue weighted by molar-refractivity contribution is -0.147. The van der Waals surface area contributed by atoms with Crippen molar-refractivity contribution in [2.45, 2.75) is 46.2 Å². The van der Waals surface area contributed by atoms with Crippen LogP contribution in [0.4, 0.5) is 0 Å². The molecular formula is C18H26N2O5. The smallest absolute Gasteiger partial charge is 0.328 e. The molecule has 2 N–H and O–H groups in total. The minimum atomic E-state index is -0.796. The molecule has 0 unspecified atom stereocenters. The van der Waals surface area contributed by atoms with Crippen molar-refractivity contribution in [1.29, 1.82) is 0 Å². The van der Waals surface area contributed by atoms with Crippen molar-refractivity contribution in [3.05, 3.63) is 29.8 Å². The molecule has 138 valence electrons. The van der Waals surface area contributed by atoms with E-state index in [1.165, 1.54) is 19.4 Å². The molecule has 0 fully saturated rings. The lowest BCUT2D eigenvalue weighted by Crippen LogP contribution is -2.50. The summed E-state index contributed by atoms with van der Waals surface area (Å²) >= 11 is 0. The molecule has 0 heterocycles. The lowest BCUT2D eigenvalue weighted by atomic mass is 10.2. The number of carbonyl (C=O) groups is 3. The van der Waals surface area contributed by atoms with Crippen molar-refractivity contribution >= 4 is 17.8 Å². The molecule has 7 nitrogen and oxygen atoms in total. The van der Waals surface area contributed by atoms with Gasteiger partial charge in [0.25, 0.3) is 5.91 Å². The van der Waals surface area contributed by atoms with Crippen molar-refractivity contribution in [3.8, 4) is 5.75 Å². The maximum Gasteiger partial charge on any atom is 0.328 e. The van der Waals surface area contributed by atoms with Gasteiger partial charge < -0.3 is 20.1 Å². The Hall–Kier alpha value is -2.57. The number of ether oxygens (including phenoxy) is 2. The summed E-state index contributed by atoms with van der Waals surface area (Å²) in [6.45, 7) is 6.83. The van der Waals surface area contributed by atoms with Gasteiger partial charge in [0.15, 0.2) is 6.61 Å². The monoisotopic (exact) mass is 350 g/mol. The van der Waals surface area contributed by atoms with Gasteiger partial charge in [0.2, 0.25) is 5.91 Å². The Balaban J connectivity index is 2.39. The highest BCUT2D eigenvalue weighted by atomic mass is 16.5. The summed E-state index contributed by atoms with van der Waals surface area (Å²) in [6, 6.07) is 5.88. The summed E-state index contributed by atoms with van der Waals surface area (Å²) in [5, 5.41) is 5.01. The van der Waals surface area contributed by atoms with Crippen LogP contribution in [0, 0.1) is 0 Å². The standard InChI is InChI=1S/C18H26N2O5/c1-5-14-7-9-15(10-8-14)25-11-16(21)19-12(3)17(22)20-13(4)18(23)24-6-2/h7-10,12-13H,5-6,11H2,1-4H3,(H,19,21)(H,20,22)/t12-,13+/m0/s1. The van der Waals surface area contributed by atoms with Crippen LogP contribution in [-0.4, -0.2) is 43.1 Å². The van der Waals surface area contributed by atoms with Crippen LogP contribution in [0.15, 0.2) is 24.3 Å². The van der Waals surface area contributed by atoms with Crippen LogP contribution < -0.4 is 15.4 Å². The number of hydrogen-bond acceptors (Lipinski definition) is 5. The van der Waals surface area contributed by atoms with Crippen LogP contribution in [0.25, 0.3) is 0 Å². The molecule has 0 saturated carbocycles. The minimum absolute atomic E-state index is 0.198. The lowest BCUT2D eigenvalue weighted by Gasteiger charge is -2.17. The third kappa shape index (κ3) is 7.24. The number of aryl methyl sites for hydroxylation is 1. The molecule has 0 spiro atoms. The average molecular weight is 350 g/mol. The Morgan fingerprint density at radius 3 is 2.20 bits per heavy atom. The highest BCUT2D eigenvalue weighted by Crippen LogP contribution is 2.12. The van der Waals surface area contributed by atoms with E-state index in [1.807, 2.05) is 12.1 Å². The van der Waals surface area contributed by atoms with Crippen molar-refractivity contribution in [1.82, 2.24) is 10.6 Å². The van der Waals surface area contributed by atoms with E-state index in [-0.39, 0.29) is 13.2 Å². The van der Waals surface area contributed by atoms with E-state index in [4.69, 9.17) is 9.47 Å².